The Balaban J connectivity index is 2.37. The van der Waals surface area contributed by atoms with Crippen LogP contribution in [0.2, 0.25) is 15.1 Å². The van der Waals surface area contributed by atoms with E-state index in [0.717, 1.165) is 0 Å². The lowest BCUT2D eigenvalue weighted by Crippen LogP contribution is -2.49. The van der Waals surface area contributed by atoms with Gasteiger partial charge >= 0.3 is 0 Å². The van der Waals surface area contributed by atoms with Gasteiger partial charge < -0.3 is 10.2 Å². The number of benzene rings is 2. The third kappa shape index (κ3) is 6.08. The number of rotatable bonds is 8. The smallest absolute Gasteiger partial charge is 0.242 e. The summed E-state index contributed by atoms with van der Waals surface area (Å²) in [5.74, 6) is -1.25. The molecule has 2 rings (SSSR count). The molecule has 2 aromatic carbocycles. The van der Waals surface area contributed by atoms with Crippen LogP contribution >= 0.6 is 34.8 Å². The van der Waals surface area contributed by atoms with E-state index in [-0.39, 0.29) is 29.5 Å². The Morgan fingerprint density at radius 1 is 1.07 bits per heavy atom. The molecule has 0 spiro atoms. The topological polar surface area (TPSA) is 49.4 Å². The van der Waals surface area contributed by atoms with Crippen molar-refractivity contribution in [3.05, 3.63) is 68.4 Å². The van der Waals surface area contributed by atoms with E-state index >= 15 is 0 Å². The summed E-state index contributed by atoms with van der Waals surface area (Å²) in [5, 5.41) is 3.65. The van der Waals surface area contributed by atoms with Crippen LogP contribution in [0.1, 0.15) is 31.4 Å². The fourth-order valence-electron chi connectivity index (χ4n) is 3.00. The summed E-state index contributed by atoms with van der Waals surface area (Å²) in [6, 6.07) is 8.53. The zero-order valence-corrected chi connectivity index (χ0v) is 18.4. The molecule has 1 atom stereocenters. The van der Waals surface area contributed by atoms with Gasteiger partial charge in [-0.05, 0) is 43.2 Å². The number of nitrogens with one attached hydrogen (secondary N) is 1. The standard InChI is InChI=1S/C21H22Cl3FN2O2/c1-3-19(21(29)26-4-2)27(12-13-8-9-16(23)17(24)10-13)20(28)11-14-15(22)6-5-7-18(14)25/h5-10,19H,3-4,11-12H2,1-2H3,(H,26,29)/t19-/m0/s1. The maximum atomic E-state index is 14.2. The lowest BCUT2D eigenvalue weighted by molar-refractivity contribution is -0.140. The van der Waals surface area contributed by atoms with Crippen LogP contribution in [-0.4, -0.2) is 29.3 Å². The zero-order valence-electron chi connectivity index (χ0n) is 16.1. The lowest BCUT2D eigenvalue weighted by atomic mass is 10.1. The molecule has 0 fully saturated rings. The summed E-state index contributed by atoms with van der Waals surface area (Å²) in [6.45, 7) is 4.17. The molecule has 29 heavy (non-hydrogen) atoms. The molecule has 0 radical (unpaired) electrons. The average molecular weight is 460 g/mol. The van der Waals surface area contributed by atoms with Crippen molar-refractivity contribution in [1.29, 1.82) is 0 Å². The van der Waals surface area contributed by atoms with Crippen molar-refractivity contribution in [2.24, 2.45) is 0 Å². The highest BCUT2D eigenvalue weighted by Crippen LogP contribution is 2.25. The molecule has 0 saturated heterocycles. The SMILES string of the molecule is CCNC(=O)[C@H](CC)N(Cc1ccc(Cl)c(Cl)c1)C(=O)Cc1c(F)cccc1Cl. The molecule has 0 bridgehead atoms. The number of carbonyl (C=O) groups is 2. The minimum absolute atomic E-state index is 0.101. The summed E-state index contributed by atoms with van der Waals surface area (Å²) in [4.78, 5) is 27.1. The van der Waals surface area contributed by atoms with Gasteiger partial charge in [0.2, 0.25) is 11.8 Å². The number of likely N-dealkylation sites (N-methyl/N-ethyl adjacent to an activating group) is 1. The second kappa shape index (κ2) is 10.8. The number of hydrogen-bond donors (Lipinski definition) is 1. The van der Waals surface area contributed by atoms with Crippen LogP contribution < -0.4 is 5.32 Å². The van der Waals surface area contributed by atoms with Crippen molar-refractivity contribution in [3.8, 4) is 0 Å². The average Bonchev–Trinajstić information content (AvgIpc) is 2.67. The molecule has 1 N–H and O–H groups in total. The fourth-order valence-corrected chi connectivity index (χ4v) is 3.55. The molecule has 2 amide bonds. The third-order valence-electron chi connectivity index (χ3n) is 4.46. The predicted octanol–water partition coefficient (Wildman–Crippen LogP) is 5.27. The van der Waals surface area contributed by atoms with Crippen molar-refractivity contribution in [2.75, 3.05) is 6.54 Å². The van der Waals surface area contributed by atoms with E-state index < -0.39 is 17.8 Å². The number of hydrogen-bond acceptors (Lipinski definition) is 2. The van der Waals surface area contributed by atoms with Gasteiger partial charge in [0.25, 0.3) is 0 Å². The molecule has 0 aliphatic heterocycles. The largest absolute Gasteiger partial charge is 0.355 e. The van der Waals surface area contributed by atoms with E-state index in [2.05, 4.69) is 5.32 Å². The summed E-state index contributed by atoms with van der Waals surface area (Å²) < 4.78 is 14.2. The fraction of sp³-hybridized carbons (Fsp3) is 0.333. The monoisotopic (exact) mass is 458 g/mol. The molecule has 0 unspecified atom stereocenters. The molecule has 0 aliphatic rings. The molecule has 0 saturated carbocycles. The van der Waals surface area contributed by atoms with Gasteiger partial charge in [-0.1, -0.05) is 53.9 Å². The Labute approximate surface area is 184 Å². The Kier molecular flexibility index (Phi) is 8.75. The van der Waals surface area contributed by atoms with E-state index in [0.29, 0.717) is 28.6 Å². The summed E-state index contributed by atoms with van der Waals surface area (Å²) in [6.07, 6.45) is 0.132. The van der Waals surface area contributed by atoms with Crippen LogP contribution in [0.5, 0.6) is 0 Å². The highest BCUT2D eigenvalue weighted by molar-refractivity contribution is 6.42. The quantitative estimate of drug-likeness (QED) is 0.584. The van der Waals surface area contributed by atoms with Gasteiger partial charge in [-0.25, -0.2) is 4.39 Å². The molecule has 0 aromatic heterocycles. The van der Waals surface area contributed by atoms with Crippen molar-refractivity contribution in [2.45, 2.75) is 39.3 Å². The van der Waals surface area contributed by atoms with Crippen molar-refractivity contribution < 1.29 is 14.0 Å². The van der Waals surface area contributed by atoms with Crippen LogP contribution in [0.3, 0.4) is 0 Å². The van der Waals surface area contributed by atoms with E-state index in [9.17, 15) is 14.0 Å². The maximum Gasteiger partial charge on any atom is 0.242 e. The summed E-state index contributed by atoms with van der Waals surface area (Å²) in [5.41, 5.74) is 0.805. The van der Waals surface area contributed by atoms with Crippen molar-refractivity contribution >= 4 is 46.6 Å². The van der Waals surface area contributed by atoms with Gasteiger partial charge in [0.15, 0.2) is 0 Å². The molecule has 4 nitrogen and oxygen atoms in total. The first-order chi connectivity index (χ1) is 13.8. The van der Waals surface area contributed by atoms with Gasteiger partial charge in [-0.2, -0.15) is 0 Å². The Morgan fingerprint density at radius 2 is 1.79 bits per heavy atom. The normalized spacial score (nSPS) is 11.8. The highest BCUT2D eigenvalue weighted by atomic mass is 35.5. The Bertz CT molecular complexity index is 872. The minimum Gasteiger partial charge on any atom is -0.355 e. The van der Waals surface area contributed by atoms with E-state index in [1.807, 2.05) is 6.92 Å². The van der Waals surface area contributed by atoms with Crippen LogP contribution in [0.4, 0.5) is 4.39 Å². The molecule has 156 valence electrons. The van der Waals surface area contributed by atoms with E-state index in [4.69, 9.17) is 34.8 Å². The first kappa shape index (κ1) is 23.5. The van der Waals surface area contributed by atoms with Crippen LogP contribution in [0.15, 0.2) is 36.4 Å². The number of amides is 2. The number of halogens is 4. The molecule has 2 aromatic rings. The van der Waals surface area contributed by atoms with Gasteiger partial charge in [-0.3, -0.25) is 9.59 Å². The van der Waals surface area contributed by atoms with Crippen LogP contribution in [-0.2, 0) is 22.6 Å². The Hall–Kier alpha value is -1.82. The zero-order chi connectivity index (χ0) is 21.6. The van der Waals surface area contributed by atoms with Crippen molar-refractivity contribution in [1.82, 2.24) is 10.2 Å². The Morgan fingerprint density at radius 3 is 2.38 bits per heavy atom. The van der Waals surface area contributed by atoms with Gasteiger partial charge in [-0.15, -0.1) is 0 Å². The maximum absolute atomic E-state index is 14.2. The first-order valence-electron chi connectivity index (χ1n) is 9.22. The van der Waals surface area contributed by atoms with Gasteiger partial charge in [0.05, 0.1) is 16.5 Å². The number of nitrogens with zero attached hydrogens (tertiary/aromatic N) is 1. The van der Waals surface area contributed by atoms with Crippen molar-refractivity contribution in [3.63, 3.8) is 0 Å². The highest BCUT2D eigenvalue weighted by Gasteiger charge is 2.29. The van der Waals surface area contributed by atoms with Gasteiger partial charge in [0.1, 0.15) is 11.9 Å². The molecular formula is C21H22Cl3FN2O2. The molecular weight excluding hydrogens is 438 g/mol. The van der Waals surface area contributed by atoms with E-state index in [1.54, 1.807) is 25.1 Å². The summed E-state index contributed by atoms with van der Waals surface area (Å²) in [7, 11) is 0. The van der Waals surface area contributed by atoms with E-state index in [1.165, 1.54) is 23.1 Å². The third-order valence-corrected chi connectivity index (χ3v) is 5.56. The second-order valence-corrected chi connectivity index (χ2v) is 7.69. The van der Waals surface area contributed by atoms with Crippen LogP contribution in [0, 0.1) is 5.82 Å². The predicted molar refractivity (Wildman–Crippen MR) is 115 cm³/mol. The van der Waals surface area contributed by atoms with Gasteiger partial charge in [0, 0.05) is 23.7 Å². The molecule has 8 heteroatoms. The second-order valence-electron chi connectivity index (χ2n) is 6.47. The van der Waals surface area contributed by atoms with Crippen LogP contribution in [0.25, 0.3) is 0 Å². The molecule has 0 aliphatic carbocycles. The lowest BCUT2D eigenvalue weighted by Gasteiger charge is -2.31. The minimum atomic E-state index is -0.720. The number of carbonyl (C=O) groups excluding carboxylic acids is 2. The molecule has 0 heterocycles. The first-order valence-corrected chi connectivity index (χ1v) is 10.4. The summed E-state index contributed by atoms with van der Waals surface area (Å²) >= 11 is 18.1.